The zero-order valence-electron chi connectivity index (χ0n) is 11.3. The van der Waals surface area contributed by atoms with Crippen molar-refractivity contribution in [1.82, 2.24) is 0 Å². The van der Waals surface area contributed by atoms with Crippen molar-refractivity contribution in [3.63, 3.8) is 0 Å². The minimum Gasteiger partial charge on any atom is -0.389 e. The van der Waals surface area contributed by atoms with Gasteiger partial charge in [0.15, 0.2) is 0 Å². The lowest BCUT2D eigenvalue weighted by Crippen LogP contribution is -2.31. The summed E-state index contributed by atoms with van der Waals surface area (Å²) in [7, 11) is 0. The number of nitrogens with zero attached hydrogens (tertiary/aromatic N) is 1. The van der Waals surface area contributed by atoms with Gasteiger partial charge >= 0.3 is 0 Å². The Morgan fingerprint density at radius 2 is 2.11 bits per heavy atom. The molecule has 0 saturated carbocycles. The fourth-order valence-electron chi connectivity index (χ4n) is 2.41. The summed E-state index contributed by atoms with van der Waals surface area (Å²) in [5.74, 6) is 0. The molecule has 0 aliphatic carbocycles. The van der Waals surface area contributed by atoms with Gasteiger partial charge in [0.1, 0.15) is 0 Å². The molecule has 1 aromatic rings. The Labute approximate surface area is 109 Å². The molecule has 0 aromatic heterocycles. The van der Waals surface area contributed by atoms with Gasteiger partial charge in [0.25, 0.3) is 0 Å². The molecule has 100 valence electrons. The van der Waals surface area contributed by atoms with E-state index >= 15 is 0 Å². The summed E-state index contributed by atoms with van der Waals surface area (Å²) >= 11 is 0. The second-order valence-electron chi connectivity index (χ2n) is 4.94. The number of hydrogen-bond acceptors (Lipinski definition) is 3. The fraction of sp³-hybridized carbons (Fsp3) is 0.600. The Morgan fingerprint density at radius 1 is 1.39 bits per heavy atom. The first-order chi connectivity index (χ1) is 8.70. The molecule has 1 heterocycles. The molecule has 18 heavy (non-hydrogen) atoms. The molecule has 2 rings (SSSR count). The van der Waals surface area contributed by atoms with Crippen molar-refractivity contribution in [2.75, 3.05) is 24.6 Å². The van der Waals surface area contributed by atoms with Crippen molar-refractivity contribution in [2.24, 2.45) is 0 Å². The topological polar surface area (TPSA) is 32.7 Å². The number of aliphatic hydroxyl groups excluding tert-OH is 1. The molecule has 3 nitrogen and oxygen atoms in total. The van der Waals surface area contributed by atoms with Crippen molar-refractivity contribution >= 4 is 5.69 Å². The van der Waals surface area contributed by atoms with E-state index in [2.05, 4.69) is 24.0 Å². The van der Waals surface area contributed by atoms with Crippen LogP contribution < -0.4 is 4.90 Å². The van der Waals surface area contributed by atoms with E-state index in [1.54, 1.807) is 6.92 Å². The number of likely N-dealkylation sites (N-methyl/N-ethyl adjacent to an activating group) is 1. The maximum atomic E-state index is 9.51. The van der Waals surface area contributed by atoms with Crippen molar-refractivity contribution < 1.29 is 9.84 Å². The van der Waals surface area contributed by atoms with E-state index in [4.69, 9.17) is 4.74 Å². The van der Waals surface area contributed by atoms with Crippen LogP contribution in [0.25, 0.3) is 0 Å². The van der Waals surface area contributed by atoms with Crippen LogP contribution in [0.2, 0.25) is 0 Å². The summed E-state index contributed by atoms with van der Waals surface area (Å²) in [6.45, 7) is 6.80. The number of aliphatic hydroxyl groups is 1. The van der Waals surface area contributed by atoms with Crippen LogP contribution in [-0.2, 0) is 4.74 Å². The van der Waals surface area contributed by atoms with Crippen LogP contribution in [0.5, 0.6) is 0 Å². The first kappa shape index (κ1) is 13.4. The zero-order valence-corrected chi connectivity index (χ0v) is 11.3. The standard InChI is InChI=1S/C15H23NO2/c1-3-16(11-15-5-4-10-18-15)14-8-6-13(7-9-14)12(2)17/h6-9,12,15,17H,3-5,10-11H2,1-2H3/t12-,15?/m0/s1. The monoisotopic (exact) mass is 249 g/mol. The van der Waals surface area contributed by atoms with Crippen molar-refractivity contribution in [3.8, 4) is 0 Å². The van der Waals surface area contributed by atoms with Gasteiger partial charge in [-0.25, -0.2) is 0 Å². The summed E-state index contributed by atoms with van der Waals surface area (Å²) in [5.41, 5.74) is 2.17. The molecule has 0 spiro atoms. The van der Waals surface area contributed by atoms with Gasteiger partial charge < -0.3 is 14.7 Å². The van der Waals surface area contributed by atoms with E-state index in [1.807, 2.05) is 12.1 Å². The van der Waals surface area contributed by atoms with Gasteiger partial charge in [-0.3, -0.25) is 0 Å². The van der Waals surface area contributed by atoms with Crippen LogP contribution in [0.1, 0.15) is 38.4 Å². The summed E-state index contributed by atoms with van der Waals surface area (Å²) < 4.78 is 5.69. The van der Waals surface area contributed by atoms with Crippen LogP contribution in [0.4, 0.5) is 5.69 Å². The normalized spacial score (nSPS) is 20.9. The van der Waals surface area contributed by atoms with Gasteiger partial charge in [-0.05, 0) is 44.4 Å². The van der Waals surface area contributed by atoms with Gasteiger partial charge in [0.05, 0.1) is 12.2 Å². The Bertz CT molecular complexity index is 355. The van der Waals surface area contributed by atoms with Crippen LogP contribution in [0, 0.1) is 0 Å². The van der Waals surface area contributed by atoms with Crippen LogP contribution in [0.3, 0.4) is 0 Å². The Balaban J connectivity index is 2.02. The lowest BCUT2D eigenvalue weighted by Gasteiger charge is -2.26. The predicted octanol–water partition coefficient (Wildman–Crippen LogP) is 2.75. The molecule has 1 aromatic carbocycles. The van der Waals surface area contributed by atoms with Crippen molar-refractivity contribution in [2.45, 2.75) is 38.9 Å². The minimum absolute atomic E-state index is 0.376. The van der Waals surface area contributed by atoms with Crippen molar-refractivity contribution in [1.29, 1.82) is 0 Å². The Morgan fingerprint density at radius 3 is 2.61 bits per heavy atom. The van der Waals surface area contributed by atoms with Gasteiger partial charge in [0, 0.05) is 25.4 Å². The van der Waals surface area contributed by atoms with E-state index in [-0.39, 0.29) is 0 Å². The maximum absolute atomic E-state index is 9.51. The number of ether oxygens (including phenoxy) is 1. The Hall–Kier alpha value is -1.06. The molecule has 1 aliphatic heterocycles. The Kier molecular flexibility index (Phi) is 4.61. The number of rotatable bonds is 5. The predicted molar refractivity (Wildman–Crippen MR) is 73.9 cm³/mol. The lowest BCUT2D eigenvalue weighted by atomic mass is 10.1. The SMILES string of the molecule is CCN(CC1CCCO1)c1ccc([C@H](C)O)cc1. The van der Waals surface area contributed by atoms with Gasteiger partial charge in [0.2, 0.25) is 0 Å². The molecule has 0 radical (unpaired) electrons. The molecule has 3 heteroatoms. The van der Waals surface area contributed by atoms with Gasteiger partial charge in [-0.1, -0.05) is 12.1 Å². The third kappa shape index (κ3) is 3.24. The summed E-state index contributed by atoms with van der Waals surface area (Å²) in [4.78, 5) is 2.34. The van der Waals surface area contributed by atoms with E-state index in [1.165, 1.54) is 18.5 Å². The summed E-state index contributed by atoms with van der Waals surface area (Å²) in [6, 6.07) is 8.16. The molecule has 1 aliphatic rings. The largest absolute Gasteiger partial charge is 0.389 e. The maximum Gasteiger partial charge on any atom is 0.0761 e. The second kappa shape index (κ2) is 6.21. The highest BCUT2D eigenvalue weighted by atomic mass is 16.5. The molecule has 1 saturated heterocycles. The first-order valence-corrected chi connectivity index (χ1v) is 6.85. The van der Waals surface area contributed by atoms with E-state index < -0.39 is 6.10 Å². The molecule has 1 unspecified atom stereocenters. The molecule has 1 fully saturated rings. The highest BCUT2D eigenvalue weighted by Crippen LogP contribution is 2.21. The van der Waals surface area contributed by atoms with Crippen LogP contribution >= 0.6 is 0 Å². The summed E-state index contributed by atoms with van der Waals surface area (Å²) in [5, 5.41) is 9.51. The third-order valence-corrected chi connectivity index (χ3v) is 3.57. The third-order valence-electron chi connectivity index (χ3n) is 3.57. The smallest absolute Gasteiger partial charge is 0.0761 e. The first-order valence-electron chi connectivity index (χ1n) is 6.85. The fourth-order valence-corrected chi connectivity index (χ4v) is 2.41. The summed E-state index contributed by atoms with van der Waals surface area (Å²) in [6.07, 6.45) is 2.33. The quantitative estimate of drug-likeness (QED) is 0.871. The van der Waals surface area contributed by atoms with Gasteiger partial charge in [-0.2, -0.15) is 0 Å². The highest BCUT2D eigenvalue weighted by molar-refractivity contribution is 5.48. The second-order valence-corrected chi connectivity index (χ2v) is 4.94. The van der Waals surface area contributed by atoms with Crippen molar-refractivity contribution in [3.05, 3.63) is 29.8 Å². The molecular formula is C15H23NO2. The van der Waals surface area contributed by atoms with Crippen LogP contribution in [0.15, 0.2) is 24.3 Å². The molecule has 0 bridgehead atoms. The molecule has 2 atom stereocenters. The number of hydrogen-bond donors (Lipinski definition) is 1. The van der Waals surface area contributed by atoms with E-state index in [9.17, 15) is 5.11 Å². The molecular weight excluding hydrogens is 226 g/mol. The van der Waals surface area contributed by atoms with E-state index in [0.29, 0.717) is 6.10 Å². The molecule has 1 N–H and O–H groups in total. The zero-order chi connectivity index (χ0) is 13.0. The average Bonchev–Trinajstić information content (AvgIpc) is 2.89. The number of benzene rings is 1. The lowest BCUT2D eigenvalue weighted by molar-refractivity contribution is 0.115. The average molecular weight is 249 g/mol. The minimum atomic E-state index is -0.396. The highest BCUT2D eigenvalue weighted by Gasteiger charge is 2.18. The van der Waals surface area contributed by atoms with Crippen LogP contribution in [-0.4, -0.2) is 30.9 Å². The van der Waals surface area contributed by atoms with Gasteiger partial charge in [-0.15, -0.1) is 0 Å². The number of anilines is 1. The van der Waals surface area contributed by atoms with E-state index in [0.717, 1.165) is 25.3 Å². The molecule has 0 amide bonds.